The quantitative estimate of drug-likeness (QED) is 0.646. The molecule has 0 bridgehead atoms. The van der Waals surface area contributed by atoms with Gasteiger partial charge in [-0.1, -0.05) is 31.2 Å². The maximum Gasteiger partial charge on any atom is 0.259 e. The van der Waals surface area contributed by atoms with Crippen molar-refractivity contribution in [2.24, 2.45) is 0 Å². The van der Waals surface area contributed by atoms with Gasteiger partial charge in [-0.05, 0) is 53.3 Å². The summed E-state index contributed by atoms with van der Waals surface area (Å²) < 4.78 is 0.950. The van der Waals surface area contributed by atoms with Crippen LogP contribution in [0.2, 0.25) is 0 Å². The van der Waals surface area contributed by atoms with Gasteiger partial charge < -0.3 is 10.6 Å². The van der Waals surface area contributed by atoms with Crippen LogP contribution in [0, 0.1) is 3.57 Å². The predicted molar refractivity (Wildman–Crippen MR) is 92.0 cm³/mol. The molecule has 0 saturated carbocycles. The maximum atomic E-state index is 12.8. The van der Waals surface area contributed by atoms with Crippen molar-refractivity contribution in [3.8, 4) is 0 Å². The Morgan fingerprint density at radius 3 is 2.45 bits per heavy atom. The lowest BCUT2D eigenvalue weighted by molar-refractivity contribution is 0.0986. The Bertz CT molecular complexity index is 613. The molecular formula is C16H17IN2O. The summed E-state index contributed by atoms with van der Waals surface area (Å²) in [6.07, 6.45) is 0.878. The number of hydrogen-bond donors (Lipinski definition) is 1. The highest BCUT2D eigenvalue weighted by Gasteiger charge is 2.20. The number of nitrogens with two attached hydrogens (primary N) is 1. The molecule has 2 aromatic rings. The van der Waals surface area contributed by atoms with Crippen LogP contribution in [0.5, 0.6) is 0 Å². The molecule has 3 nitrogen and oxygen atoms in total. The van der Waals surface area contributed by atoms with Gasteiger partial charge in [0.1, 0.15) is 0 Å². The lowest BCUT2D eigenvalue weighted by atomic mass is 10.1. The van der Waals surface area contributed by atoms with Crippen molar-refractivity contribution in [3.63, 3.8) is 0 Å². The van der Waals surface area contributed by atoms with Gasteiger partial charge >= 0.3 is 0 Å². The molecule has 0 heterocycles. The number of nitrogens with zero attached hydrogens (tertiary/aromatic N) is 1. The summed E-state index contributed by atoms with van der Waals surface area (Å²) in [6.45, 7) is 2.70. The van der Waals surface area contributed by atoms with Gasteiger partial charge in [-0.3, -0.25) is 4.79 Å². The van der Waals surface area contributed by atoms with E-state index in [1.807, 2.05) is 48.5 Å². The zero-order valence-corrected chi connectivity index (χ0v) is 13.5. The average Bonchev–Trinajstić information content (AvgIpc) is 2.46. The second-order valence-electron chi connectivity index (χ2n) is 4.50. The lowest BCUT2D eigenvalue weighted by Crippen LogP contribution is -2.32. The highest BCUT2D eigenvalue weighted by Crippen LogP contribution is 2.25. The van der Waals surface area contributed by atoms with Crippen LogP contribution in [0.25, 0.3) is 0 Å². The number of carbonyl (C=O) groups excluding carboxylic acids is 1. The molecule has 0 aliphatic carbocycles. The molecule has 0 fully saturated rings. The van der Waals surface area contributed by atoms with E-state index in [0.29, 0.717) is 17.8 Å². The van der Waals surface area contributed by atoms with Crippen molar-refractivity contribution in [2.45, 2.75) is 13.3 Å². The number of rotatable bonds is 4. The molecule has 2 N–H and O–H groups in total. The zero-order valence-electron chi connectivity index (χ0n) is 11.3. The Morgan fingerprint density at radius 1 is 1.15 bits per heavy atom. The van der Waals surface area contributed by atoms with Crippen molar-refractivity contribution < 1.29 is 4.79 Å². The molecule has 2 aromatic carbocycles. The summed E-state index contributed by atoms with van der Waals surface area (Å²) in [5, 5.41) is 0. The minimum Gasteiger partial charge on any atom is -0.397 e. The molecule has 0 aliphatic rings. The molecule has 2 rings (SSSR count). The fraction of sp³-hybridized carbons (Fsp3) is 0.188. The third-order valence-corrected chi connectivity index (χ3v) is 3.96. The Hall–Kier alpha value is -1.56. The standard InChI is InChI=1S/C16H17IN2O/c1-2-11-19(15-10-6-5-9-14(15)18)16(20)12-7-3-4-8-13(12)17/h3-10H,2,11,18H2,1H3. The average molecular weight is 380 g/mol. The van der Waals surface area contributed by atoms with Crippen molar-refractivity contribution in [3.05, 3.63) is 57.7 Å². The number of halogens is 1. The molecule has 0 aliphatic heterocycles. The zero-order chi connectivity index (χ0) is 14.5. The van der Waals surface area contributed by atoms with Crippen LogP contribution in [-0.4, -0.2) is 12.5 Å². The molecule has 20 heavy (non-hydrogen) atoms. The molecule has 0 radical (unpaired) electrons. The third kappa shape index (κ3) is 3.12. The van der Waals surface area contributed by atoms with Crippen molar-refractivity contribution >= 4 is 39.9 Å². The summed E-state index contributed by atoms with van der Waals surface area (Å²) in [5.74, 6) is -0.00486. The normalized spacial score (nSPS) is 10.3. The summed E-state index contributed by atoms with van der Waals surface area (Å²) in [6, 6.07) is 15.1. The smallest absolute Gasteiger partial charge is 0.259 e. The van der Waals surface area contributed by atoms with E-state index in [0.717, 1.165) is 15.7 Å². The number of amides is 1. The van der Waals surface area contributed by atoms with Gasteiger partial charge in [-0.15, -0.1) is 0 Å². The van der Waals surface area contributed by atoms with Crippen molar-refractivity contribution in [2.75, 3.05) is 17.2 Å². The largest absolute Gasteiger partial charge is 0.397 e. The van der Waals surface area contributed by atoms with Crippen LogP contribution >= 0.6 is 22.6 Å². The SMILES string of the molecule is CCCN(C(=O)c1ccccc1I)c1ccccc1N. The molecular weight excluding hydrogens is 363 g/mol. The number of benzene rings is 2. The number of nitrogen functional groups attached to an aromatic ring is 1. The molecule has 104 valence electrons. The number of carbonyl (C=O) groups is 1. The topological polar surface area (TPSA) is 46.3 Å². The van der Waals surface area contributed by atoms with E-state index in [1.165, 1.54) is 0 Å². The summed E-state index contributed by atoms with van der Waals surface area (Å²) in [5.41, 5.74) is 8.12. The summed E-state index contributed by atoms with van der Waals surface area (Å²) in [7, 11) is 0. The minimum absolute atomic E-state index is 0.00486. The Balaban J connectivity index is 2.42. The molecule has 4 heteroatoms. The molecule has 1 amide bonds. The summed E-state index contributed by atoms with van der Waals surface area (Å²) >= 11 is 2.19. The van der Waals surface area contributed by atoms with Crippen molar-refractivity contribution in [1.29, 1.82) is 0 Å². The van der Waals surface area contributed by atoms with Gasteiger partial charge in [-0.2, -0.15) is 0 Å². The highest BCUT2D eigenvalue weighted by atomic mass is 127. The minimum atomic E-state index is -0.00486. The number of para-hydroxylation sites is 2. The molecule has 0 atom stereocenters. The first-order valence-corrected chi connectivity index (χ1v) is 7.64. The summed E-state index contributed by atoms with van der Waals surface area (Å²) in [4.78, 5) is 14.5. The Labute approximate surface area is 132 Å². The second-order valence-corrected chi connectivity index (χ2v) is 5.66. The van der Waals surface area contributed by atoms with Gasteiger partial charge in [-0.25, -0.2) is 0 Å². The maximum absolute atomic E-state index is 12.8. The first-order chi connectivity index (χ1) is 9.65. The van der Waals surface area contributed by atoms with Crippen LogP contribution in [0.15, 0.2) is 48.5 Å². The van der Waals surface area contributed by atoms with E-state index in [2.05, 4.69) is 29.5 Å². The number of anilines is 2. The monoisotopic (exact) mass is 380 g/mol. The van der Waals surface area contributed by atoms with Gasteiger partial charge in [0.05, 0.1) is 16.9 Å². The van der Waals surface area contributed by atoms with E-state index in [-0.39, 0.29) is 5.91 Å². The molecule has 0 aromatic heterocycles. The highest BCUT2D eigenvalue weighted by molar-refractivity contribution is 14.1. The van der Waals surface area contributed by atoms with Crippen molar-refractivity contribution in [1.82, 2.24) is 0 Å². The Kier molecular flexibility index (Phi) is 5.00. The van der Waals surface area contributed by atoms with Gasteiger partial charge in [0.15, 0.2) is 0 Å². The van der Waals surface area contributed by atoms with Crippen LogP contribution in [-0.2, 0) is 0 Å². The van der Waals surface area contributed by atoms with Crippen LogP contribution in [0.4, 0.5) is 11.4 Å². The van der Waals surface area contributed by atoms with Crippen LogP contribution in [0.3, 0.4) is 0 Å². The van der Waals surface area contributed by atoms with Crippen LogP contribution in [0.1, 0.15) is 23.7 Å². The van der Waals surface area contributed by atoms with E-state index in [1.54, 1.807) is 4.90 Å². The van der Waals surface area contributed by atoms with Crippen LogP contribution < -0.4 is 10.6 Å². The molecule has 0 saturated heterocycles. The lowest BCUT2D eigenvalue weighted by Gasteiger charge is -2.24. The first kappa shape index (κ1) is 14.8. The van der Waals surface area contributed by atoms with E-state index in [4.69, 9.17) is 5.73 Å². The molecule has 0 spiro atoms. The third-order valence-electron chi connectivity index (χ3n) is 3.02. The van der Waals surface area contributed by atoms with Gasteiger partial charge in [0.25, 0.3) is 5.91 Å². The van der Waals surface area contributed by atoms with E-state index >= 15 is 0 Å². The number of hydrogen-bond acceptors (Lipinski definition) is 2. The molecule has 0 unspecified atom stereocenters. The van der Waals surface area contributed by atoms with Gasteiger partial charge in [0, 0.05) is 10.1 Å². The van der Waals surface area contributed by atoms with Gasteiger partial charge in [0.2, 0.25) is 0 Å². The second kappa shape index (κ2) is 6.74. The Morgan fingerprint density at radius 2 is 1.80 bits per heavy atom. The van der Waals surface area contributed by atoms with E-state index < -0.39 is 0 Å². The first-order valence-electron chi connectivity index (χ1n) is 6.56. The predicted octanol–water partition coefficient (Wildman–Crippen LogP) is 3.93. The fourth-order valence-electron chi connectivity index (χ4n) is 2.07. The fourth-order valence-corrected chi connectivity index (χ4v) is 2.69. The van der Waals surface area contributed by atoms with E-state index in [9.17, 15) is 4.79 Å².